The van der Waals surface area contributed by atoms with Crippen LogP contribution in [0.1, 0.15) is 24.9 Å². The summed E-state index contributed by atoms with van der Waals surface area (Å²) in [5.41, 5.74) is 0.681. The number of nitrogens with one attached hydrogen (secondary N) is 1. The molecule has 0 bridgehead atoms. The van der Waals surface area contributed by atoms with Gasteiger partial charge in [0.1, 0.15) is 0 Å². The summed E-state index contributed by atoms with van der Waals surface area (Å²) >= 11 is 3.09. The predicted octanol–water partition coefficient (Wildman–Crippen LogP) is 3.49. The molecule has 3 nitrogen and oxygen atoms in total. The zero-order valence-corrected chi connectivity index (χ0v) is 14.5. The van der Waals surface area contributed by atoms with Crippen LogP contribution < -0.4 is 5.32 Å². The van der Waals surface area contributed by atoms with Crippen molar-refractivity contribution >= 4 is 40.7 Å². The highest BCUT2D eigenvalue weighted by atomic mass is 79.9. The smallest absolute Gasteiger partial charge is 0.179 e. The van der Waals surface area contributed by atoms with Gasteiger partial charge in [-0.2, -0.15) is 0 Å². The number of phenols is 1. The first-order valence-corrected chi connectivity index (χ1v) is 7.06. The number of aromatic hydroxyl groups is 1. The van der Waals surface area contributed by atoms with E-state index in [1.807, 2.05) is 0 Å². The second kappa shape index (κ2) is 9.05. The van der Waals surface area contributed by atoms with Crippen molar-refractivity contribution in [3.63, 3.8) is 0 Å². The molecule has 116 valence electrons. The Labute approximate surface area is 139 Å². The summed E-state index contributed by atoms with van der Waals surface area (Å²) < 4.78 is 14.0. The summed E-state index contributed by atoms with van der Waals surface area (Å²) in [6.45, 7) is 5.80. The van der Waals surface area contributed by atoms with Gasteiger partial charge in [0.05, 0.1) is 4.47 Å². The zero-order valence-electron chi connectivity index (χ0n) is 11.2. The fourth-order valence-electron chi connectivity index (χ4n) is 2.49. The third kappa shape index (κ3) is 4.21. The normalized spacial score (nSPS) is 16.9. The van der Waals surface area contributed by atoms with Crippen molar-refractivity contribution in [2.24, 2.45) is 0 Å². The number of piperazine rings is 1. The van der Waals surface area contributed by atoms with Crippen molar-refractivity contribution in [1.29, 1.82) is 0 Å². The maximum Gasteiger partial charge on any atom is 0.179 e. The predicted molar refractivity (Wildman–Crippen MR) is 87.7 cm³/mol. The van der Waals surface area contributed by atoms with Crippen LogP contribution in [0.15, 0.2) is 16.6 Å². The molecule has 0 aliphatic carbocycles. The van der Waals surface area contributed by atoms with Crippen LogP contribution in [0.5, 0.6) is 5.75 Å². The fourth-order valence-corrected chi connectivity index (χ4v) is 2.81. The van der Waals surface area contributed by atoms with Gasteiger partial charge < -0.3 is 10.4 Å². The molecule has 2 rings (SSSR count). The average Bonchev–Trinajstić information content (AvgIpc) is 2.41. The first-order valence-electron chi connectivity index (χ1n) is 6.26. The molecule has 1 heterocycles. The number of benzene rings is 1. The standard InChI is InChI=1S/C13H18BrFN2O.2ClH/c1-2-11(17-7-5-16-6-8-17)9-3-4-10(14)12(15)13(9)18;;/h3-4,11,16,18H,2,5-8H2,1H3;2*1H/t11-;;/m0../s1. The summed E-state index contributed by atoms with van der Waals surface area (Å²) in [5, 5.41) is 13.3. The van der Waals surface area contributed by atoms with Crippen LogP contribution in [0, 0.1) is 5.82 Å². The molecule has 2 N–H and O–H groups in total. The van der Waals surface area contributed by atoms with Crippen molar-refractivity contribution in [3.8, 4) is 5.75 Å². The van der Waals surface area contributed by atoms with Crippen molar-refractivity contribution in [2.45, 2.75) is 19.4 Å². The van der Waals surface area contributed by atoms with Gasteiger partial charge in [-0.05, 0) is 28.4 Å². The monoisotopic (exact) mass is 388 g/mol. The van der Waals surface area contributed by atoms with Crippen LogP contribution in [0.3, 0.4) is 0 Å². The maximum atomic E-state index is 13.7. The Morgan fingerprint density at radius 2 is 1.95 bits per heavy atom. The van der Waals surface area contributed by atoms with Gasteiger partial charge in [0.15, 0.2) is 11.6 Å². The van der Waals surface area contributed by atoms with E-state index < -0.39 is 5.82 Å². The van der Waals surface area contributed by atoms with Crippen molar-refractivity contribution in [1.82, 2.24) is 10.2 Å². The second-order valence-electron chi connectivity index (χ2n) is 4.51. The van der Waals surface area contributed by atoms with Crippen molar-refractivity contribution < 1.29 is 9.50 Å². The first kappa shape index (κ1) is 19.9. The van der Waals surface area contributed by atoms with Crippen molar-refractivity contribution in [3.05, 3.63) is 28.0 Å². The summed E-state index contributed by atoms with van der Waals surface area (Å²) in [4.78, 5) is 2.29. The van der Waals surface area contributed by atoms with Crippen LogP contribution >= 0.6 is 40.7 Å². The number of phenolic OH excluding ortho intramolecular Hbond substituents is 1. The molecular formula is C13H20BrCl2FN2O. The summed E-state index contributed by atoms with van der Waals surface area (Å²) in [5.74, 6) is -0.796. The van der Waals surface area contributed by atoms with Gasteiger partial charge >= 0.3 is 0 Å². The van der Waals surface area contributed by atoms with Gasteiger partial charge in [-0.3, -0.25) is 4.90 Å². The Bertz CT molecular complexity index is 431. The highest BCUT2D eigenvalue weighted by Crippen LogP contribution is 2.35. The van der Waals surface area contributed by atoms with E-state index in [4.69, 9.17) is 0 Å². The molecule has 1 saturated heterocycles. The van der Waals surface area contributed by atoms with Crippen LogP contribution in [-0.2, 0) is 0 Å². The molecule has 0 saturated carbocycles. The van der Waals surface area contributed by atoms with E-state index in [-0.39, 0.29) is 36.6 Å². The minimum Gasteiger partial charge on any atom is -0.505 e. The van der Waals surface area contributed by atoms with E-state index in [0.717, 1.165) is 32.6 Å². The van der Waals surface area contributed by atoms with Gasteiger partial charge in [-0.25, -0.2) is 4.39 Å². The molecule has 1 aromatic rings. The van der Waals surface area contributed by atoms with Crippen LogP contribution in [-0.4, -0.2) is 36.2 Å². The minimum atomic E-state index is -0.568. The SMILES string of the molecule is CC[C@@H](c1ccc(Br)c(F)c1O)N1CCNCC1.Cl.Cl. The lowest BCUT2D eigenvalue weighted by atomic mass is 10.0. The fraction of sp³-hybridized carbons (Fsp3) is 0.538. The quantitative estimate of drug-likeness (QED) is 0.830. The Hall–Kier alpha value is -0.0700. The lowest BCUT2D eigenvalue weighted by molar-refractivity contribution is 0.166. The number of hydrogen-bond acceptors (Lipinski definition) is 3. The van der Waals surface area contributed by atoms with E-state index >= 15 is 0 Å². The van der Waals surface area contributed by atoms with Gasteiger partial charge in [0.25, 0.3) is 0 Å². The molecular weight excluding hydrogens is 370 g/mol. The average molecular weight is 390 g/mol. The van der Waals surface area contributed by atoms with Gasteiger partial charge in [0.2, 0.25) is 0 Å². The minimum absolute atomic E-state index is 0. The van der Waals surface area contributed by atoms with E-state index in [2.05, 4.69) is 33.1 Å². The van der Waals surface area contributed by atoms with E-state index in [0.29, 0.717) is 10.0 Å². The first-order chi connectivity index (χ1) is 8.65. The maximum absolute atomic E-state index is 13.7. The number of hydrogen-bond donors (Lipinski definition) is 2. The van der Waals surface area contributed by atoms with Gasteiger partial charge in [-0.1, -0.05) is 13.0 Å². The molecule has 0 radical (unpaired) electrons. The Morgan fingerprint density at radius 1 is 1.35 bits per heavy atom. The highest BCUT2D eigenvalue weighted by Gasteiger charge is 2.24. The topological polar surface area (TPSA) is 35.5 Å². The Morgan fingerprint density at radius 3 is 2.50 bits per heavy atom. The molecule has 0 unspecified atom stereocenters. The molecule has 1 aromatic carbocycles. The Kier molecular flexibility index (Phi) is 9.02. The number of nitrogens with zero attached hydrogens (tertiary/aromatic N) is 1. The van der Waals surface area contributed by atoms with E-state index in [9.17, 15) is 9.50 Å². The molecule has 1 aliphatic rings. The second-order valence-corrected chi connectivity index (χ2v) is 5.36. The third-order valence-corrected chi connectivity index (χ3v) is 4.05. The number of halogens is 4. The largest absolute Gasteiger partial charge is 0.505 e. The summed E-state index contributed by atoms with van der Waals surface area (Å²) in [6, 6.07) is 3.54. The molecule has 20 heavy (non-hydrogen) atoms. The molecule has 0 aromatic heterocycles. The van der Waals surface area contributed by atoms with Gasteiger partial charge in [-0.15, -0.1) is 24.8 Å². The lowest BCUT2D eigenvalue weighted by Gasteiger charge is -2.35. The van der Waals surface area contributed by atoms with Crippen molar-refractivity contribution in [2.75, 3.05) is 26.2 Å². The summed E-state index contributed by atoms with van der Waals surface area (Å²) in [7, 11) is 0. The van der Waals surface area contributed by atoms with E-state index in [1.165, 1.54) is 0 Å². The summed E-state index contributed by atoms with van der Waals surface area (Å²) in [6.07, 6.45) is 0.856. The molecule has 1 atom stereocenters. The van der Waals surface area contributed by atoms with E-state index in [1.54, 1.807) is 12.1 Å². The molecule has 7 heteroatoms. The van der Waals surface area contributed by atoms with Crippen LogP contribution in [0.4, 0.5) is 4.39 Å². The molecule has 0 spiro atoms. The zero-order chi connectivity index (χ0) is 13.1. The lowest BCUT2D eigenvalue weighted by Crippen LogP contribution is -2.45. The Balaban J connectivity index is 0.00000180. The van der Waals surface area contributed by atoms with Crippen LogP contribution in [0.25, 0.3) is 0 Å². The third-order valence-electron chi connectivity index (χ3n) is 3.44. The van der Waals surface area contributed by atoms with Crippen LogP contribution in [0.2, 0.25) is 0 Å². The molecule has 1 aliphatic heterocycles. The number of rotatable bonds is 3. The van der Waals surface area contributed by atoms with Gasteiger partial charge in [0, 0.05) is 37.8 Å². The molecule has 1 fully saturated rings. The molecule has 0 amide bonds. The highest BCUT2D eigenvalue weighted by molar-refractivity contribution is 9.10.